The quantitative estimate of drug-likeness (QED) is 0.267. The van der Waals surface area contributed by atoms with E-state index in [9.17, 15) is 0 Å². The molecule has 0 aromatic carbocycles. The second kappa shape index (κ2) is 1.22. The number of hydrogen-bond acceptors (Lipinski definition) is 4. The average Bonchev–Trinajstić information content (AvgIpc) is 0.722. The molecule has 0 unspecified atom stereocenters. The van der Waals surface area contributed by atoms with Crippen LogP contribution in [0.4, 0.5) is 0 Å². The topological polar surface area (TPSA) is 104 Å². The van der Waals surface area contributed by atoms with Gasteiger partial charge in [-0.15, -0.1) is 0 Å². The number of rotatable bonds is 0. The van der Waals surface area contributed by atoms with Crippen molar-refractivity contribution < 1.29 is 13.7 Å². The van der Waals surface area contributed by atoms with Crippen molar-refractivity contribution in [2.75, 3.05) is 0 Å². The molecule has 0 atom stereocenters. The third-order valence-corrected chi connectivity index (χ3v) is 0. The van der Waals surface area contributed by atoms with Gasteiger partial charge in [-0.1, -0.05) is 0 Å². The van der Waals surface area contributed by atoms with Crippen LogP contribution >= 0.6 is 0 Å². The number of nitrogens with two attached hydrogens (primary N) is 4. The summed E-state index contributed by atoms with van der Waals surface area (Å²) in [5, 5.41) is 0. The van der Waals surface area contributed by atoms with Gasteiger partial charge in [0.15, 0.2) is 0 Å². The first-order valence-corrected chi connectivity index (χ1v) is 3.60. The van der Waals surface area contributed by atoms with Gasteiger partial charge in [-0.3, -0.25) is 0 Å². The van der Waals surface area contributed by atoms with Crippen LogP contribution in [0.15, 0.2) is 0 Å². The second-order valence-electron chi connectivity index (χ2n) is 0.756. The van der Waals surface area contributed by atoms with Crippen molar-refractivity contribution in [3.8, 4) is 0 Å². The van der Waals surface area contributed by atoms with Gasteiger partial charge in [0.1, 0.15) is 0 Å². The molecular formula is H8MnN4. The van der Waals surface area contributed by atoms with E-state index in [-0.39, 0.29) is 0 Å². The van der Waals surface area contributed by atoms with E-state index in [1.165, 1.54) is 0 Å². The fourth-order valence-electron chi connectivity index (χ4n) is 0. The van der Waals surface area contributed by atoms with Crippen LogP contribution in [0.3, 0.4) is 0 Å². The van der Waals surface area contributed by atoms with Crippen molar-refractivity contribution in [3.63, 3.8) is 0 Å². The third kappa shape index (κ3) is 188. The van der Waals surface area contributed by atoms with Crippen molar-refractivity contribution in [1.29, 1.82) is 0 Å². The standard InChI is InChI=1S/Mn.4H2N/h;4*1H2/q+4;4*-1. The molecule has 0 fully saturated rings. The van der Waals surface area contributed by atoms with E-state index in [2.05, 4.69) is 0 Å². The summed E-state index contributed by atoms with van der Waals surface area (Å²) in [5.41, 5.74) is 0. The molecule has 0 aromatic rings. The first-order valence-electron chi connectivity index (χ1n) is 0.873. The van der Waals surface area contributed by atoms with Crippen LogP contribution in [0.2, 0.25) is 0 Å². The summed E-state index contributed by atoms with van der Waals surface area (Å²) < 4.78 is 19.3. The van der Waals surface area contributed by atoms with Crippen molar-refractivity contribution >= 4 is 0 Å². The Bertz CT molecular complexity index is 19.1. The summed E-state index contributed by atoms with van der Waals surface area (Å²) in [6, 6.07) is 0. The van der Waals surface area contributed by atoms with Crippen molar-refractivity contribution in [1.82, 2.24) is 0 Å². The fraction of sp³-hybridized carbons (Fsp3) is 0. The van der Waals surface area contributed by atoms with E-state index >= 15 is 0 Å². The minimum atomic E-state index is -2.62. The Morgan fingerprint density at radius 1 is 0.800 bits per heavy atom. The molecule has 0 aliphatic heterocycles. The maximum absolute atomic E-state index is 4.83. The van der Waals surface area contributed by atoms with Crippen LogP contribution in [0.1, 0.15) is 0 Å². The molecule has 5 heteroatoms. The zero-order valence-electron chi connectivity index (χ0n) is 2.69. The molecule has 0 saturated heterocycles. The van der Waals surface area contributed by atoms with E-state index in [4.69, 9.17) is 19.0 Å². The maximum atomic E-state index is 4.83. The second-order valence-corrected chi connectivity index (χ2v) is 3.12. The summed E-state index contributed by atoms with van der Waals surface area (Å²) in [4.78, 5) is 0. The Kier molecular flexibility index (Phi) is 1.30. The van der Waals surface area contributed by atoms with Crippen molar-refractivity contribution in [3.05, 3.63) is 0 Å². The van der Waals surface area contributed by atoms with Gasteiger partial charge >= 0.3 is 32.7 Å². The average molecular weight is 119 g/mol. The Morgan fingerprint density at radius 3 is 0.800 bits per heavy atom. The van der Waals surface area contributed by atoms with Gasteiger partial charge in [0.05, 0.1) is 0 Å². The summed E-state index contributed by atoms with van der Waals surface area (Å²) in [6.45, 7) is 0. The van der Waals surface area contributed by atoms with Gasteiger partial charge in [0.2, 0.25) is 0 Å². The molecule has 35 valence electrons. The van der Waals surface area contributed by atoms with Crippen LogP contribution in [0.25, 0.3) is 0 Å². The molecule has 0 bridgehead atoms. The van der Waals surface area contributed by atoms with Crippen LogP contribution in [-0.4, -0.2) is 0 Å². The normalized spacial score (nSPS) is 15.2. The molecule has 0 spiro atoms. The molecule has 4 nitrogen and oxygen atoms in total. The van der Waals surface area contributed by atoms with Gasteiger partial charge in [-0.25, -0.2) is 0 Å². The van der Waals surface area contributed by atoms with Crippen LogP contribution in [0, 0.1) is 0 Å². The third-order valence-electron chi connectivity index (χ3n) is 0. The summed E-state index contributed by atoms with van der Waals surface area (Å²) in [7, 11) is 0. The van der Waals surface area contributed by atoms with E-state index in [1.807, 2.05) is 0 Å². The van der Waals surface area contributed by atoms with Gasteiger partial charge in [-0.05, 0) is 0 Å². The summed E-state index contributed by atoms with van der Waals surface area (Å²) in [5.74, 6) is 0. The molecule has 0 aromatic heterocycles. The molecular weight excluding hydrogens is 111 g/mol. The van der Waals surface area contributed by atoms with Gasteiger partial charge < -0.3 is 0 Å². The first kappa shape index (κ1) is 5.36. The van der Waals surface area contributed by atoms with E-state index in [1.54, 1.807) is 0 Å². The Hall–Kier alpha value is 0.359. The monoisotopic (exact) mass is 119 g/mol. The zero-order chi connectivity index (χ0) is 4.50. The minimum absolute atomic E-state index is 2.62. The predicted molar refractivity (Wildman–Crippen MR) is 16.7 cm³/mol. The SMILES string of the molecule is [NH2][Mn]([NH2])([NH2])[NH2]. The fourth-order valence-corrected chi connectivity index (χ4v) is 0. The van der Waals surface area contributed by atoms with Gasteiger partial charge in [0.25, 0.3) is 0 Å². The van der Waals surface area contributed by atoms with E-state index < -0.39 is 13.7 Å². The summed E-state index contributed by atoms with van der Waals surface area (Å²) in [6.07, 6.45) is 0. The molecule has 0 saturated carbocycles. The predicted octanol–water partition coefficient (Wildman–Crippen LogP) is -2.36. The molecule has 8 N–H and O–H groups in total. The Labute approximate surface area is 33.6 Å². The molecule has 5 heavy (non-hydrogen) atoms. The van der Waals surface area contributed by atoms with Crippen LogP contribution < -0.4 is 19.0 Å². The van der Waals surface area contributed by atoms with Crippen molar-refractivity contribution in [2.45, 2.75) is 0 Å². The first-order chi connectivity index (χ1) is 2.00. The van der Waals surface area contributed by atoms with Crippen molar-refractivity contribution in [2.24, 2.45) is 19.0 Å². The molecule has 0 amide bonds. The van der Waals surface area contributed by atoms with Gasteiger partial charge in [-0.2, -0.15) is 0 Å². The Balaban J connectivity index is 3.02. The van der Waals surface area contributed by atoms with Crippen LogP contribution in [-0.2, 0) is 13.7 Å². The number of hydrogen-bond donors (Lipinski definition) is 4. The van der Waals surface area contributed by atoms with E-state index in [0.717, 1.165) is 0 Å². The molecule has 0 rings (SSSR count). The molecule has 0 aliphatic rings. The van der Waals surface area contributed by atoms with Gasteiger partial charge in [0, 0.05) is 0 Å². The molecule has 0 radical (unpaired) electrons. The van der Waals surface area contributed by atoms with Crippen LogP contribution in [0.5, 0.6) is 0 Å². The Morgan fingerprint density at radius 2 is 0.800 bits per heavy atom. The zero-order valence-corrected chi connectivity index (χ0v) is 3.87. The summed E-state index contributed by atoms with van der Waals surface area (Å²) >= 11 is -2.62. The van der Waals surface area contributed by atoms with E-state index in [0.29, 0.717) is 0 Å². The molecule has 0 heterocycles. The molecule has 0 aliphatic carbocycles.